The van der Waals surface area contributed by atoms with Crippen molar-refractivity contribution in [3.8, 4) is 11.8 Å². The number of nitrogens with two attached hydrogens (primary N) is 1. The summed E-state index contributed by atoms with van der Waals surface area (Å²) >= 11 is 0. The SMILES string of the molecule is Cc1ccn(Cc2ccc(F)cc2C#CCN)c(=O)c1. The zero-order valence-electron chi connectivity index (χ0n) is 11.2. The Morgan fingerprint density at radius 1 is 1.30 bits per heavy atom. The standard InChI is InChI=1S/C16H15FN2O/c1-12-6-8-19(16(20)9-12)11-14-4-5-15(17)10-13(14)3-2-7-18/h4-6,8-10H,7,11,18H2,1H3. The van der Waals surface area contributed by atoms with E-state index >= 15 is 0 Å². The van der Waals surface area contributed by atoms with E-state index in [4.69, 9.17) is 5.73 Å². The third kappa shape index (κ3) is 3.34. The van der Waals surface area contributed by atoms with Gasteiger partial charge in [0.25, 0.3) is 5.56 Å². The number of pyridine rings is 1. The molecular weight excluding hydrogens is 255 g/mol. The van der Waals surface area contributed by atoms with E-state index in [0.29, 0.717) is 12.1 Å². The average molecular weight is 270 g/mol. The van der Waals surface area contributed by atoms with E-state index in [1.807, 2.05) is 13.0 Å². The minimum atomic E-state index is -0.355. The van der Waals surface area contributed by atoms with Crippen LogP contribution in [0.5, 0.6) is 0 Å². The van der Waals surface area contributed by atoms with Gasteiger partial charge in [0.05, 0.1) is 13.1 Å². The molecule has 4 heteroatoms. The van der Waals surface area contributed by atoms with Crippen molar-refractivity contribution in [2.24, 2.45) is 5.73 Å². The molecule has 0 aliphatic rings. The molecule has 2 aromatic rings. The van der Waals surface area contributed by atoms with Crippen LogP contribution in [0.3, 0.4) is 0 Å². The van der Waals surface area contributed by atoms with Crippen molar-refractivity contribution in [3.63, 3.8) is 0 Å². The summed E-state index contributed by atoms with van der Waals surface area (Å²) in [6.07, 6.45) is 1.72. The normalized spacial score (nSPS) is 9.95. The molecule has 0 aliphatic carbocycles. The van der Waals surface area contributed by atoms with Gasteiger partial charge in [-0.15, -0.1) is 0 Å². The van der Waals surface area contributed by atoms with Gasteiger partial charge in [0.15, 0.2) is 0 Å². The third-order valence-electron chi connectivity index (χ3n) is 2.89. The molecule has 0 radical (unpaired) electrons. The molecule has 1 aromatic carbocycles. The molecule has 0 amide bonds. The molecule has 3 nitrogen and oxygen atoms in total. The smallest absolute Gasteiger partial charge is 0.251 e. The number of aromatic nitrogens is 1. The Balaban J connectivity index is 2.40. The minimum absolute atomic E-state index is 0.0907. The molecule has 0 aliphatic heterocycles. The Bertz CT molecular complexity index is 738. The van der Waals surface area contributed by atoms with Crippen molar-refractivity contribution < 1.29 is 4.39 Å². The lowest BCUT2D eigenvalue weighted by atomic mass is 10.1. The average Bonchev–Trinajstić information content (AvgIpc) is 2.41. The molecule has 0 saturated heterocycles. The van der Waals surface area contributed by atoms with Crippen LogP contribution in [0.4, 0.5) is 4.39 Å². The fourth-order valence-electron chi connectivity index (χ4n) is 1.87. The van der Waals surface area contributed by atoms with E-state index in [1.165, 1.54) is 12.1 Å². The largest absolute Gasteiger partial charge is 0.320 e. The highest BCUT2D eigenvalue weighted by molar-refractivity contribution is 5.42. The lowest BCUT2D eigenvalue weighted by Gasteiger charge is -2.08. The first kappa shape index (κ1) is 14.0. The van der Waals surface area contributed by atoms with Gasteiger partial charge in [-0.25, -0.2) is 4.39 Å². The van der Waals surface area contributed by atoms with Crippen molar-refractivity contribution >= 4 is 0 Å². The summed E-state index contributed by atoms with van der Waals surface area (Å²) in [5.41, 5.74) is 7.50. The predicted molar refractivity (Wildman–Crippen MR) is 76.9 cm³/mol. The van der Waals surface area contributed by atoms with Crippen LogP contribution in [0.25, 0.3) is 0 Å². The molecule has 1 heterocycles. The summed E-state index contributed by atoms with van der Waals surface area (Å²) in [6.45, 7) is 2.43. The Morgan fingerprint density at radius 2 is 2.10 bits per heavy atom. The predicted octanol–water partition coefficient (Wildman–Crippen LogP) is 1.65. The maximum absolute atomic E-state index is 13.3. The first-order chi connectivity index (χ1) is 9.60. The minimum Gasteiger partial charge on any atom is -0.320 e. The first-order valence-corrected chi connectivity index (χ1v) is 6.24. The number of benzene rings is 1. The lowest BCUT2D eigenvalue weighted by Crippen LogP contribution is -2.19. The summed E-state index contributed by atoms with van der Waals surface area (Å²) in [5.74, 6) is 5.18. The van der Waals surface area contributed by atoms with Gasteiger partial charge >= 0.3 is 0 Å². The fourth-order valence-corrected chi connectivity index (χ4v) is 1.87. The maximum Gasteiger partial charge on any atom is 0.251 e. The first-order valence-electron chi connectivity index (χ1n) is 6.24. The molecule has 0 fully saturated rings. The second-order valence-corrected chi connectivity index (χ2v) is 4.48. The van der Waals surface area contributed by atoms with Gasteiger partial charge in [-0.2, -0.15) is 0 Å². The molecule has 20 heavy (non-hydrogen) atoms. The van der Waals surface area contributed by atoms with Crippen LogP contribution >= 0.6 is 0 Å². The van der Waals surface area contributed by atoms with Gasteiger partial charge in [-0.1, -0.05) is 17.9 Å². The molecule has 2 N–H and O–H groups in total. The molecule has 2 rings (SSSR count). The van der Waals surface area contributed by atoms with Gasteiger partial charge in [0.2, 0.25) is 0 Å². The number of halogens is 1. The maximum atomic E-state index is 13.3. The van der Waals surface area contributed by atoms with Crippen LogP contribution < -0.4 is 11.3 Å². The zero-order chi connectivity index (χ0) is 14.5. The van der Waals surface area contributed by atoms with Crippen molar-refractivity contribution in [2.45, 2.75) is 13.5 Å². The van der Waals surface area contributed by atoms with Crippen molar-refractivity contribution in [2.75, 3.05) is 6.54 Å². The monoisotopic (exact) mass is 270 g/mol. The van der Waals surface area contributed by atoms with Crippen LogP contribution in [-0.4, -0.2) is 11.1 Å². The molecule has 1 aromatic heterocycles. The van der Waals surface area contributed by atoms with E-state index in [2.05, 4.69) is 11.8 Å². The topological polar surface area (TPSA) is 48.0 Å². The van der Waals surface area contributed by atoms with Crippen LogP contribution in [0, 0.1) is 24.6 Å². The molecule has 0 bridgehead atoms. The van der Waals surface area contributed by atoms with Crippen molar-refractivity contribution in [1.29, 1.82) is 0 Å². The molecule has 0 unspecified atom stereocenters. The third-order valence-corrected chi connectivity index (χ3v) is 2.89. The van der Waals surface area contributed by atoms with Crippen LogP contribution in [0.15, 0.2) is 41.3 Å². The number of hydrogen-bond donors (Lipinski definition) is 1. The zero-order valence-corrected chi connectivity index (χ0v) is 11.2. The second kappa shape index (κ2) is 6.18. The molecule has 0 saturated carbocycles. The van der Waals surface area contributed by atoms with Gasteiger partial charge in [0.1, 0.15) is 5.82 Å². The van der Waals surface area contributed by atoms with Crippen molar-refractivity contribution in [3.05, 3.63) is 69.4 Å². The molecular formula is C16H15FN2O. The Labute approximate surface area is 116 Å². The summed E-state index contributed by atoms with van der Waals surface area (Å²) < 4.78 is 14.8. The fraction of sp³-hybridized carbons (Fsp3) is 0.188. The van der Waals surface area contributed by atoms with Crippen molar-refractivity contribution in [1.82, 2.24) is 4.57 Å². The highest BCUT2D eigenvalue weighted by atomic mass is 19.1. The number of nitrogens with zero attached hydrogens (tertiary/aromatic N) is 1. The van der Waals surface area contributed by atoms with E-state index < -0.39 is 0 Å². The van der Waals surface area contributed by atoms with E-state index in [-0.39, 0.29) is 17.9 Å². The quantitative estimate of drug-likeness (QED) is 0.844. The lowest BCUT2D eigenvalue weighted by molar-refractivity contribution is 0.625. The summed E-state index contributed by atoms with van der Waals surface area (Å²) in [4.78, 5) is 11.9. The number of aryl methyl sites for hydroxylation is 1. The van der Waals surface area contributed by atoms with E-state index in [0.717, 1.165) is 11.1 Å². The number of hydrogen-bond acceptors (Lipinski definition) is 2. The van der Waals surface area contributed by atoms with Crippen LogP contribution in [0.2, 0.25) is 0 Å². The summed E-state index contributed by atoms with van der Waals surface area (Å²) in [7, 11) is 0. The summed E-state index contributed by atoms with van der Waals surface area (Å²) in [6, 6.07) is 7.78. The van der Waals surface area contributed by atoms with Gasteiger partial charge in [-0.3, -0.25) is 4.79 Å². The van der Waals surface area contributed by atoms with E-state index in [9.17, 15) is 9.18 Å². The van der Waals surface area contributed by atoms with Gasteiger partial charge in [0, 0.05) is 17.8 Å². The highest BCUT2D eigenvalue weighted by Gasteiger charge is 2.04. The van der Waals surface area contributed by atoms with E-state index in [1.54, 1.807) is 22.9 Å². The number of rotatable bonds is 2. The molecule has 102 valence electrons. The van der Waals surface area contributed by atoms with Gasteiger partial charge < -0.3 is 10.3 Å². The van der Waals surface area contributed by atoms with Crippen LogP contribution in [0.1, 0.15) is 16.7 Å². The van der Waals surface area contributed by atoms with Gasteiger partial charge in [-0.05, 0) is 36.2 Å². The molecule has 0 atom stereocenters. The van der Waals surface area contributed by atoms with Crippen LogP contribution in [-0.2, 0) is 6.54 Å². The Hall–Kier alpha value is -2.38. The second-order valence-electron chi connectivity index (χ2n) is 4.48. The highest BCUT2D eigenvalue weighted by Crippen LogP contribution is 2.11. The molecule has 0 spiro atoms. The Kier molecular flexibility index (Phi) is 4.34. The summed E-state index contributed by atoms with van der Waals surface area (Å²) in [5, 5.41) is 0. The Morgan fingerprint density at radius 3 is 2.80 bits per heavy atom.